The van der Waals surface area contributed by atoms with Crippen LogP contribution in [0.2, 0.25) is 18.1 Å². The normalized spacial score (nSPS) is 13.1. The first-order chi connectivity index (χ1) is 6.83. The predicted octanol–water partition coefficient (Wildman–Crippen LogP) is 4.31. The Hall–Kier alpha value is -0.123. The number of hydrogen-bond acceptors (Lipinski definition) is 2. The highest BCUT2D eigenvalue weighted by atomic mass is 32.1. The second-order valence-electron chi connectivity index (χ2n) is 5.49. The minimum absolute atomic E-state index is 0.321. The highest BCUT2D eigenvalue weighted by Gasteiger charge is 2.36. The van der Waals surface area contributed by atoms with Crippen LogP contribution in [-0.4, -0.2) is 14.9 Å². The monoisotopic (exact) mass is 242 g/mol. The first-order valence-electron chi connectivity index (χ1n) is 5.48. The summed E-state index contributed by atoms with van der Waals surface area (Å²) in [6, 6.07) is 2.18. The van der Waals surface area contributed by atoms with Crippen molar-refractivity contribution in [3.8, 4) is 0 Å². The molecule has 0 bridgehead atoms. The lowest BCUT2D eigenvalue weighted by Gasteiger charge is -2.36. The van der Waals surface area contributed by atoms with Crippen LogP contribution in [0.1, 0.15) is 26.3 Å². The molecule has 0 aliphatic heterocycles. The van der Waals surface area contributed by atoms with Gasteiger partial charge >= 0.3 is 0 Å². The molecule has 3 heteroatoms. The lowest BCUT2D eigenvalue weighted by atomic mass is 10.2. The summed E-state index contributed by atoms with van der Waals surface area (Å²) in [7, 11) is -1.53. The van der Waals surface area contributed by atoms with Crippen LogP contribution in [0.4, 0.5) is 0 Å². The Bertz CT molecular complexity index is 285. The van der Waals surface area contributed by atoms with Gasteiger partial charge < -0.3 is 4.43 Å². The Morgan fingerprint density at radius 1 is 1.33 bits per heavy atom. The molecule has 1 nitrogen and oxygen atoms in total. The van der Waals surface area contributed by atoms with Crippen molar-refractivity contribution in [2.24, 2.45) is 0 Å². The van der Waals surface area contributed by atoms with E-state index >= 15 is 0 Å². The molecule has 0 unspecified atom stereocenters. The zero-order valence-electron chi connectivity index (χ0n) is 10.5. The molecule has 15 heavy (non-hydrogen) atoms. The summed E-state index contributed by atoms with van der Waals surface area (Å²) in [5.41, 5.74) is 1.40. The molecule has 0 amide bonds. The van der Waals surface area contributed by atoms with Crippen molar-refractivity contribution in [3.63, 3.8) is 0 Å². The van der Waals surface area contributed by atoms with Crippen molar-refractivity contribution in [2.45, 2.75) is 45.3 Å². The molecule has 1 rings (SSSR count). The van der Waals surface area contributed by atoms with Crippen molar-refractivity contribution in [3.05, 3.63) is 22.4 Å². The van der Waals surface area contributed by atoms with Gasteiger partial charge in [-0.2, -0.15) is 11.3 Å². The van der Waals surface area contributed by atoms with Crippen LogP contribution in [0.15, 0.2) is 16.8 Å². The average molecular weight is 242 g/mol. The SMILES string of the molecule is CC(C)(C)[Si](C)(C)OCCc1ccsc1. The summed E-state index contributed by atoms with van der Waals surface area (Å²) in [6.45, 7) is 12.3. The zero-order chi connectivity index (χ0) is 11.5. The quantitative estimate of drug-likeness (QED) is 0.715. The summed E-state index contributed by atoms with van der Waals surface area (Å²) < 4.78 is 6.11. The van der Waals surface area contributed by atoms with Crippen LogP contribution in [0.5, 0.6) is 0 Å². The number of rotatable bonds is 4. The summed E-state index contributed by atoms with van der Waals surface area (Å²) in [6.07, 6.45) is 1.05. The summed E-state index contributed by atoms with van der Waals surface area (Å²) in [5, 5.41) is 4.65. The van der Waals surface area contributed by atoms with Crippen LogP contribution in [0.25, 0.3) is 0 Å². The third kappa shape index (κ3) is 3.74. The maximum absolute atomic E-state index is 6.11. The molecule has 0 fully saturated rings. The molecule has 86 valence electrons. The van der Waals surface area contributed by atoms with Gasteiger partial charge in [0.15, 0.2) is 8.32 Å². The summed E-state index contributed by atoms with van der Waals surface area (Å²) >= 11 is 1.76. The predicted molar refractivity (Wildman–Crippen MR) is 71.2 cm³/mol. The Labute approximate surface area is 98.6 Å². The average Bonchev–Trinajstić information content (AvgIpc) is 2.54. The molecule has 0 spiro atoms. The smallest absolute Gasteiger partial charge is 0.191 e. The van der Waals surface area contributed by atoms with Crippen molar-refractivity contribution >= 4 is 19.7 Å². The second-order valence-corrected chi connectivity index (χ2v) is 11.1. The van der Waals surface area contributed by atoms with Gasteiger partial charge in [-0.3, -0.25) is 0 Å². The van der Waals surface area contributed by atoms with Gasteiger partial charge in [0.25, 0.3) is 0 Å². The fraction of sp³-hybridized carbons (Fsp3) is 0.667. The summed E-state index contributed by atoms with van der Waals surface area (Å²) in [5.74, 6) is 0. The lowest BCUT2D eigenvalue weighted by molar-refractivity contribution is 0.292. The van der Waals surface area contributed by atoms with E-state index in [9.17, 15) is 0 Å². The Morgan fingerprint density at radius 3 is 2.47 bits per heavy atom. The number of hydrogen-bond donors (Lipinski definition) is 0. The van der Waals surface area contributed by atoms with Gasteiger partial charge in [0.05, 0.1) is 0 Å². The first-order valence-corrected chi connectivity index (χ1v) is 9.33. The van der Waals surface area contributed by atoms with E-state index in [0.717, 1.165) is 13.0 Å². The minimum Gasteiger partial charge on any atom is -0.416 e. The van der Waals surface area contributed by atoms with Crippen molar-refractivity contribution in [2.75, 3.05) is 6.61 Å². The highest BCUT2D eigenvalue weighted by Crippen LogP contribution is 2.36. The molecule has 0 saturated heterocycles. The topological polar surface area (TPSA) is 9.23 Å². The van der Waals surface area contributed by atoms with E-state index in [1.54, 1.807) is 11.3 Å². The van der Waals surface area contributed by atoms with Gasteiger partial charge in [-0.1, -0.05) is 20.8 Å². The van der Waals surface area contributed by atoms with Gasteiger partial charge in [-0.25, -0.2) is 0 Å². The zero-order valence-corrected chi connectivity index (χ0v) is 12.3. The first kappa shape index (κ1) is 12.9. The molecule has 0 aliphatic rings. The van der Waals surface area contributed by atoms with E-state index in [-0.39, 0.29) is 0 Å². The van der Waals surface area contributed by atoms with Crippen molar-refractivity contribution in [1.29, 1.82) is 0 Å². The molecule has 0 atom stereocenters. The fourth-order valence-corrected chi connectivity index (χ4v) is 2.82. The minimum atomic E-state index is -1.53. The molecule has 0 saturated carbocycles. The third-order valence-corrected chi connectivity index (χ3v) is 8.51. The molecule has 1 aromatic rings. The van der Waals surface area contributed by atoms with Crippen LogP contribution in [-0.2, 0) is 10.8 Å². The largest absolute Gasteiger partial charge is 0.416 e. The molecule has 1 aromatic heterocycles. The highest BCUT2D eigenvalue weighted by molar-refractivity contribution is 7.07. The molecule has 0 radical (unpaired) electrons. The van der Waals surface area contributed by atoms with Gasteiger partial charge in [0, 0.05) is 6.61 Å². The summed E-state index contributed by atoms with van der Waals surface area (Å²) in [4.78, 5) is 0. The van der Waals surface area contributed by atoms with Gasteiger partial charge in [0.2, 0.25) is 0 Å². The van der Waals surface area contributed by atoms with Crippen molar-refractivity contribution < 1.29 is 4.43 Å². The van der Waals surface area contributed by atoms with Crippen molar-refractivity contribution in [1.82, 2.24) is 0 Å². The van der Waals surface area contributed by atoms with E-state index in [0.29, 0.717) is 5.04 Å². The van der Waals surface area contributed by atoms with E-state index in [1.165, 1.54) is 5.56 Å². The Morgan fingerprint density at radius 2 is 2.00 bits per heavy atom. The Kier molecular flexibility index (Phi) is 4.15. The van der Waals surface area contributed by atoms with Gasteiger partial charge in [-0.15, -0.1) is 0 Å². The van der Waals surface area contributed by atoms with E-state index in [1.807, 2.05) is 0 Å². The van der Waals surface area contributed by atoms with Crippen LogP contribution in [0, 0.1) is 0 Å². The molecular weight excluding hydrogens is 220 g/mol. The van der Waals surface area contributed by atoms with E-state index in [2.05, 4.69) is 50.7 Å². The maximum Gasteiger partial charge on any atom is 0.191 e. The lowest BCUT2D eigenvalue weighted by Crippen LogP contribution is -2.41. The van der Waals surface area contributed by atoms with Crippen LogP contribution >= 0.6 is 11.3 Å². The molecular formula is C12H22OSSi. The fourth-order valence-electron chi connectivity index (χ4n) is 1.08. The van der Waals surface area contributed by atoms with Crippen LogP contribution in [0.3, 0.4) is 0 Å². The van der Waals surface area contributed by atoms with E-state index in [4.69, 9.17) is 4.43 Å². The van der Waals surface area contributed by atoms with Gasteiger partial charge in [-0.05, 0) is 46.9 Å². The molecule has 0 aromatic carbocycles. The molecule has 0 aliphatic carbocycles. The third-order valence-electron chi connectivity index (χ3n) is 3.24. The van der Waals surface area contributed by atoms with E-state index < -0.39 is 8.32 Å². The van der Waals surface area contributed by atoms with Gasteiger partial charge in [0.1, 0.15) is 0 Å². The maximum atomic E-state index is 6.11. The second kappa shape index (κ2) is 4.81. The number of thiophene rings is 1. The van der Waals surface area contributed by atoms with Crippen LogP contribution < -0.4 is 0 Å². The molecule has 1 heterocycles. The molecule has 0 N–H and O–H groups in total. The standard InChI is InChI=1S/C12H22OSSi/c1-12(2,3)15(4,5)13-8-6-11-7-9-14-10-11/h7,9-10H,6,8H2,1-5H3. The Balaban J connectivity index is 2.37.